The first-order valence-corrected chi connectivity index (χ1v) is 7.03. The number of nitrogens with zero attached hydrogens (tertiary/aromatic N) is 2. The molecule has 6 heteroatoms. The molecule has 6 nitrogen and oxygen atoms in total. The first-order valence-electron chi connectivity index (χ1n) is 7.03. The standard InChI is InChI=1S/C13H25N3O3/c1-4-6-14-12(17)11(3)15-7-9-16(10-8-15)13(18)19-5-2/h11H,4-10H2,1-3H3,(H,14,17). The summed E-state index contributed by atoms with van der Waals surface area (Å²) < 4.78 is 4.97. The highest BCUT2D eigenvalue weighted by Crippen LogP contribution is 2.07. The molecule has 2 amide bonds. The largest absolute Gasteiger partial charge is 0.450 e. The lowest BCUT2D eigenvalue weighted by molar-refractivity contribution is -0.126. The number of piperazine rings is 1. The zero-order valence-corrected chi connectivity index (χ0v) is 12.1. The van der Waals surface area contributed by atoms with Crippen LogP contribution in [0.1, 0.15) is 27.2 Å². The predicted octanol–water partition coefficient (Wildman–Crippen LogP) is 0.675. The molecule has 0 aromatic carbocycles. The van der Waals surface area contributed by atoms with E-state index in [0.717, 1.165) is 6.42 Å². The van der Waals surface area contributed by atoms with Crippen LogP contribution in [0.3, 0.4) is 0 Å². The van der Waals surface area contributed by atoms with Gasteiger partial charge in [0.15, 0.2) is 0 Å². The van der Waals surface area contributed by atoms with Gasteiger partial charge in [0, 0.05) is 32.7 Å². The summed E-state index contributed by atoms with van der Waals surface area (Å²) in [7, 11) is 0. The first kappa shape index (κ1) is 15.8. The molecule has 0 aromatic rings. The van der Waals surface area contributed by atoms with E-state index in [4.69, 9.17) is 4.74 Å². The van der Waals surface area contributed by atoms with E-state index in [-0.39, 0.29) is 18.0 Å². The molecule has 0 aromatic heterocycles. The fourth-order valence-corrected chi connectivity index (χ4v) is 2.07. The molecular formula is C13H25N3O3. The second-order valence-corrected chi connectivity index (χ2v) is 4.69. The van der Waals surface area contributed by atoms with Crippen molar-refractivity contribution < 1.29 is 14.3 Å². The van der Waals surface area contributed by atoms with Crippen LogP contribution in [0.5, 0.6) is 0 Å². The molecule has 110 valence electrons. The Hall–Kier alpha value is -1.30. The Morgan fingerprint density at radius 2 is 1.84 bits per heavy atom. The highest BCUT2D eigenvalue weighted by Gasteiger charge is 2.27. The number of ether oxygens (including phenoxy) is 1. The lowest BCUT2D eigenvalue weighted by Gasteiger charge is -2.36. The lowest BCUT2D eigenvalue weighted by Crippen LogP contribution is -2.55. The van der Waals surface area contributed by atoms with Crippen molar-refractivity contribution in [3.8, 4) is 0 Å². The van der Waals surface area contributed by atoms with Crippen molar-refractivity contribution in [3.63, 3.8) is 0 Å². The van der Waals surface area contributed by atoms with Gasteiger partial charge in [-0.25, -0.2) is 4.79 Å². The zero-order valence-electron chi connectivity index (χ0n) is 12.1. The van der Waals surface area contributed by atoms with Crippen molar-refractivity contribution in [1.82, 2.24) is 15.1 Å². The van der Waals surface area contributed by atoms with Crippen LogP contribution >= 0.6 is 0 Å². The Labute approximate surface area is 115 Å². The van der Waals surface area contributed by atoms with Gasteiger partial charge in [0.25, 0.3) is 0 Å². The number of hydrogen-bond acceptors (Lipinski definition) is 4. The van der Waals surface area contributed by atoms with Crippen LogP contribution in [0.25, 0.3) is 0 Å². The molecule has 1 N–H and O–H groups in total. The van der Waals surface area contributed by atoms with Crippen LogP contribution in [-0.2, 0) is 9.53 Å². The van der Waals surface area contributed by atoms with Gasteiger partial charge in [-0.1, -0.05) is 6.92 Å². The van der Waals surface area contributed by atoms with E-state index in [1.165, 1.54) is 0 Å². The average Bonchev–Trinajstić information content (AvgIpc) is 2.44. The van der Waals surface area contributed by atoms with E-state index >= 15 is 0 Å². The summed E-state index contributed by atoms with van der Waals surface area (Å²) in [5.74, 6) is 0.0615. The van der Waals surface area contributed by atoms with E-state index in [2.05, 4.69) is 10.2 Å². The molecule has 0 bridgehead atoms. The molecule has 1 aliphatic heterocycles. The topological polar surface area (TPSA) is 61.9 Å². The summed E-state index contributed by atoms with van der Waals surface area (Å²) in [6, 6.07) is -0.143. The fraction of sp³-hybridized carbons (Fsp3) is 0.846. The summed E-state index contributed by atoms with van der Waals surface area (Å²) in [4.78, 5) is 27.2. The summed E-state index contributed by atoms with van der Waals surface area (Å²) in [6.45, 7) is 9.50. The van der Waals surface area contributed by atoms with Gasteiger partial charge in [-0.3, -0.25) is 9.69 Å². The number of nitrogens with one attached hydrogen (secondary N) is 1. The van der Waals surface area contributed by atoms with Gasteiger partial charge in [-0.05, 0) is 20.3 Å². The number of amides is 2. The van der Waals surface area contributed by atoms with E-state index in [1.807, 2.05) is 13.8 Å². The Balaban J connectivity index is 2.36. The van der Waals surface area contributed by atoms with Crippen molar-refractivity contribution in [3.05, 3.63) is 0 Å². The summed E-state index contributed by atoms with van der Waals surface area (Å²) in [6.07, 6.45) is 0.681. The van der Waals surface area contributed by atoms with E-state index in [0.29, 0.717) is 39.3 Å². The fourth-order valence-electron chi connectivity index (χ4n) is 2.07. The van der Waals surface area contributed by atoms with Gasteiger partial charge in [0.1, 0.15) is 0 Å². The Morgan fingerprint density at radius 3 is 2.37 bits per heavy atom. The van der Waals surface area contributed by atoms with Crippen molar-refractivity contribution >= 4 is 12.0 Å². The maximum atomic E-state index is 11.9. The molecular weight excluding hydrogens is 246 g/mol. The molecule has 19 heavy (non-hydrogen) atoms. The number of carbonyl (C=O) groups is 2. The summed E-state index contributed by atoms with van der Waals surface area (Å²) >= 11 is 0. The van der Waals surface area contributed by atoms with Gasteiger partial charge in [0.2, 0.25) is 5.91 Å². The molecule has 1 fully saturated rings. The maximum absolute atomic E-state index is 11.9. The third-order valence-corrected chi connectivity index (χ3v) is 3.32. The molecule has 1 saturated heterocycles. The monoisotopic (exact) mass is 271 g/mol. The van der Waals surface area contributed by atoms with Crippen molar-refractivity contribution in [2.24, 2.45) is 0 Å². The van der Waals surface area contributed by atoms with Crippen LogP contribution in [0.4, 0.5) is 4.79 Å². The Kier molecular flexibility index (Phi) is 6.62. The van der Waals surface area contributed by atoms with Gasteiger partial charge >= 0.3 is 6.09 Å². The first-order chi connectivity index (χ1) is 9.10. The molecule has 1 unspecified atom stereocenters. The quantitative estimate of drug-likeness (QED) is 0.798. The minimum absolute atomic E-state index is 0.0615. The minimum atomic E-state index is -0.259. The van der Waals surface area contributed by atoms with Gasteiger partial charge in [-0.15, -0.1) is 0 Å². The van der Waals surface area contributed by atoms with Crippen LogP contribution in [0, 0.1) is 0 Å². The van der Waals surface area contributed by atoms with E-state index < -0.39 is 0 Å². The molecule has 1 aliphatic rings. The van der Waals surface area contributed by atoms with Crippen molar-refractivity contribution in [2.75, 3.05) is 39.3 Å². The lowest BCUT2D eigenvalue weighted by atomic mass is 10.2. The third kappa shape index (κ3) is 4.70. The molecule has 0 saturated carbocycles. The maximum Gasteiger partial charge on any atom is 0.409 e. The number of hydrogen-bond donors (Lipinski definition) is 1. The number of rotatable bonds is 5. The SMILES string of the molecule is CCCNC(=O)C(C)N1CCN(C(=O)OCC)CC1. The van der Waals surface area contributed by atoms with Gasteiger partial charge in [0.05, 0.1) is 12.6 Å². The molecule has 0 radical (unpaired) electrons. The smallest absolute Gasteiger partial charge is 0.409 e. The van der Waals surface area contributed by atoms with E-state index in [1.54, 1.807) is 11.8 Å². The predicted molar refractivity (Wildman–Crippen MR) is 72.9 cm³/mol. The van der Waals surface area contributed by atoms with E-state index in [9.17, 15) is 9.59 Å². The second kappa shape index (κ2) is 7.99. The molecule has 1 heterocycles. The zero-order chi connectivity index (χ0) is 14.3. The molecule has 0 spiro atoms. The second-order valence-electron chi connectivity index (χ2n) is 4.69. The van der Waals surface area contributed by atoms with Gasteiger partial charge in [-0.2, -0.15) is 0 Å². The normalized spacial score (nSPS) is 17.9. The minimum Gasteiger partial charge on any atom is -0.450 e. The Morgan fingerprint density at radius 1 is 1.21 bits per heavy atom. The van der Waals surface area contributed by atoms with Crippen molar-refractivity contribution in [1.29, 1.82) is 0 Å². The Bertz CT molecular complexity index is 302. The summed E-state index contributed by atoms with van der Waals surface area (Å²) in [5.41, 5.74) is 0. The average molecular weight is 271 g/mol. The van der Waals surface area contributed by atoms with Gasteiger partial charge < -0.3 is 15.0 Å². The highest BCUT2D eigenvalue weighted by atomic mass is 16.6. The third-order valence-electron chi connectivity index (χ3n) is 3.32. The van der Waals surface area contributed by atoms with Crippen LogP contribution in [0.15, 0.2) is 0 Å². The highest BCUT2D eigenvalue weighted by molar-refractivity contribution is 5.81. The van der Waals surface area contributed by atoms with Crippen LogP contribution in [-0.4, -0.2) is 67.2 Å². The van der Waals surface area contributed by atoms with Crippen molar-refractivity contribution in [2.45, 2.75) is 33.2 Å². The summed E-state index contributed by atoms with van der Waals surface area (Å²) in [5, 5.41) is 2.90. The molecule has 0 aliphatic carbocycles. The van der Waals surface area contributed by atoms with Crippen LogP contribution in [0.2, 0.25) is 0 Å². The molecule has 1 rings (SSSR count). The molecule has 1 atom stereocenters. The van der Waals surface area contributed by atoms with Crippen LogP contribution < -0.4 is 5.32 Å². The number of carbonyl (C=O) groups excluding carboxylic acids is 2.